The fraction of sp³-hybridized carbons (Fsp3) is 0.111. The number of nitrogens with zero attached hydrogens (tertiary/aromatic N) is 2. The van der Waals surface area contributed by atoms with Crippen molar-refractivity contribution in [3.05, 3.63) is 69.3 Å². The second-order valence-corrected chi connectivity index (χ2v) is 5.39. The van der Waals surface area contributed by atoms with Crippen LogP contribution in [-0.4, -0.2) is 17.9 Å². The van der Waals surface area contributed by atoms with Crippen LogP contribution in [0.1, 0.15) is 11.1 Å². The van der Waals surface area contributed by atoms with Crippen LogP contribution in [0.25, 0.3) is 6.08 Å². The van der Waals surface area contributed by atoms with E-state index >= 15 is 0 Å². The van der Waals surface area contributed by atoms with Crippen molar-refractivity contribution >= 4 is 23.4 Å². The molecular formula is C18H12F3N3O4. The van der Waals surface area contributed by atoms with Gasteiger partial charge in [-0.05, 0) is 30.3 Å². The lowest BCUT2D eigenvalue weighted by atomic mass is 10.1. The van der Waals surface area contributed by atoms with Crippen molar-refractivity contribution < 1.29 is 27.6 Å². The fourth-order valence-electron chi connectivity index (χ4n) is 2.22. The van der Waals surface area contributed by atoms with E-state index in [0.717, 1.165) is 30.3 Å². The number of ether oxygens (including phenoxy) is 1. The van der Waals surface area contributed by atoms with Gasteiger partial charge in [0.05, 0.1) is 17.6 Å². The lowest BCUT2D eigenvalue weighted by Gasteiger charge is -2.10. The maximum atomic E-state index is 12.8. The smallest absolute Gasteiger partial charge is 0.416 e. The van der Waals surface area contributed by atoms with Crippen LogP contribution in [0.15, 0.2) is 48.0 Å². The molecule has 0 aliphatic carbocycles. The number of rotatable bonds is 5. The van der Waals surface area contributed by atoms with Gasteiger partial charge in [-0.1, -0.05) is 6.07 Å². The molecule has 10 heteroatoms. The van der Waals surface area contributed by atoms with Crippen molar-refractivity contribution in [3.8, 4) is 11.8 Å². The second kappa shape index (κ2) is 8.22. The molecule has 0 fully saturated rings. The summed E-state index contributed by atoms with van der Waals surface area (Å²) in [7, 11) is 1.30. The van der Waals surface area contributed by atoms with Crippen molar-refractivity contribution in [2.75, 3.05) is 12.4 Å². The maximum absolute atomic E-state index is 12.8. The highest BCUT2D eigenvalue weighted by Crippen LogP contribution is 2.31. The fourth-order valence-corrected chi connectivity index (χ4v) is 2.22. The number of nitro groups is 1. The highest BCUT2D eigenvalue weighted by atomic mass is 19.4. The van der Waals surface area contributed by atoms with Crippen LogP contribution in [0.3, 0.4) is 0 Å². The summed E-state index contributed by atoms with van der Waals surface area (Å²) in [6.07, 6.45) is -3.54. The SMILES string of the molecule is COc1ccc([N+](=O)[O-])cc1/C=C(/C#N)C(=O)Nc1cccc(C(F)(F)F)c1. The molecule has 0 radical (unpaired) electrons. The molecular weight excluding hydrogens is 379 g/mol. The zero-order chi connectivity index (χ0) is 20.9. The molecule has 0 aliphatic heterocycles. The lowest BCUT2D eigenvalue weighted by Crippen LogP contribution is -2.14. The van der Waals surface area contributed by atoms with Crippen LogP contribution in [0.4, 0.5) is 24.5 Å². The van der Waals surface area contributed by atoms with Gasteiger partial charge in [0.15, 0.2) is 0 Å². The van der Waals surface area contributed by atoms with Gasteiger partial charge >= 0.3 is 6.18 Å². The number of non-ortho nitro benzene ring substituents is 1. The van der Waals surface area contributed by atoms with E-state index in [0.29, 0.717) is 0 Å². The number of hydrogen-bond acceptors (Lipinski definition) is 5. The Morgan fingerprint density at radius 3 is 2.57 bits per heavy atom. The van der Waals surface area contributed by atoms with Crippen LogP contribution < -0.4 is 10.1 Å². The summed E-state index contributed by atoms with van der Waals surface area (Å²) in [5, 5.41) is 22.3. The largest absolute Gasteiger partial charge is 0.496 e. The zero-order valence-electron chi connectivity index (χ0n) is 14.3. The number of benzene rings is 2. The van der Waals surface area contributed by atoms with E-state index < -0.39 is 28.1 Å². The summed E-state index contributed by atoms with van der Waals surface area (Å²) in [5.74, 6) is -0.805. The number of carbonyl (C=O) groups is 1. The number of anilines is 1. The molecule has 7 nitrogen and oxygen atoms in total. The van der Waals surface area contributed by atoms with Gasteiger partial charge in [-0.25, -0.2) is 0 Å². The second-order valence-electron chi connectivity index (χ2n) is 5.39. The Morgan fingerprint density at radius 1 is 1.29 bits per heavy atom. The molecule has 0 heterocycles. The van der Waals surface area contributed by atoms with Crippen LogP contribution >= 0.6 is 0 Å². The predicted octanol–water partition coefficient (Wildman–Crippen LogP) is 4.17. The first-order valence-corrected chi connectivity index (χ1v) is 7.58. The summed E-state index contributed by atoms with van der Waals surface area (Å²) >= 11 is 0. The standard InChI is InChI=1S/C18H12F3N3O4/c1-28-16-6-5-15(24(26)27)8-11(16)7-12(10-22)17(25)23-14-4-2-3-13(9-14)18(19,20)21/h2-9H,1H3,(H,23,25)/b12-7-. The van der Waals surface area contributed by atoms with Gasteiger partial charge in [0.2, 0.25) is 0 Å². The Balaban J connectivity index is 2.36. The van der Waals surface area contributed by atoms with Gasteiger partial charge in [-0.3, -0.25) is 14.9 Å². The first kappa shape index (κ1) is 20.4. The highest BCUT2D eigenvalue weighted by molar-refractivity contribution is 6.09. The summed E-state index contributed by atoms with van der Waals surface area (Å²) in [6.45, 7) is 0. The molecule has 0 aliphatic rings. The number of nitrogens with one attached hydrogen (secondary N) is 1. The lowest BCUT2D eigenvalue weighted by molar-refractivity contribution is -0.384. The molecule has 0 unspecified atom stereocenters. The molecule has 2 aromatic rings. The topological polar surface area (TPSA) is 105 Å². The molecule has 0 bridgehead atoms. The Hall–Kier alpha value is -3.87. The molecule has 1 N–H and O–H groups in total. The summed E-state index contributed by atoms with van der Waals surface area (Å²) in [6, 6.07) is 9.10. The minimum absolute atomic E-state index is 0.0902. The molecule has 0 saturated carbocycles. The van der Waals surface area contributed by atoms with Crippen molar-refractivity contribution in [3.63, 3.8) is 0 Å². The number of halogens is 3. The van der Waals surface area contributed by atoms with Crippen LogP contribution in [0.5, 0.6) is 5.75 Å². The predicted molar refractivity (Wildman–Crippen MR) is 93.3 cm³/mol. The Kier molecular flexibility index (Phi) is 6.00. The molecule has 0 aromatic heterocycles. The Labute approximate surface area is 156 Å². The first-order chi connectivity index (χ1) is 13.2. The molecule has 0 saturated heterocycles. The van der Waals surface area contributed by atoms with Crippen molar-refractivity contribution in [1.82, 2.24) is 0 Å². The zero-order valence-corrected chi connectivity index (χ0v) is 14.3. The molecule has 144 valence electrons. The van der Waals surface area contributed by atoms with Crippen LogP contribution in [0, 0.1) is 21.4 Å². The van der Waals surface area contributed by atoms with Crippen LogP contribution in [0.2, 0.25) is 0 Å². The molecule has 2 rings (SSSR count). The molecule has 0 atom stereocenters. The minimum Gasteiger partial charge on any atom is -0.496 e. The third-order valence-electron chi connectivity index (χ3n) is 3.54. The number of carbonyl (C=O) groups excluding carboxylic acids is 1. The minimum atomic E-state index is -4.59. The van der Waals surface area contributed by atoms with E-state index in [-0.39, 0.29) is 22.7 Å². The first-order valence-electron chi connectivity index (χ1n) is 7.58. The normalized spacial score (nSPS) is 11.5. The van der Waals surface area contributed by atoms with E-state index in [1.807, 2.05) is 0 Å². The van der Waals surface area contributed by atoms with Crippen molar-refractivity contribution in [2.24, 2.45) is 0 Å². The Bertz CT molecular complexity index is 994. The monoisotopic (exact) mass is 391 g/mol. The van der Waals surface area contributed by atoms with Gasteiger partial charge in [0.1, 0.15) is 17.4 Å². The third-order valence-corrected chi connectivity index (χ3v) is 3.54. The quantitative estimate of drug-likeness (QED) is 0.356. The molecule has 0 spiro atoms. The molecule has 28 heavy (non-hydrogen) atoms. The van der Waals surface area contributed by atoms with Gasteiger partial charge in [0.25, 0.3) is 11.6 Å². The van der Waals surface area contributed by atoms with E-state index in [1.165, 1.54) is 25.3 Å². The average Bonchev–Trinajstić information content (AvgIpc) is 2.65. The number of nitro benzene ring substituents is 1. The van der Waals surface area contributed by atoms with Gasteiger partial charge < -0.3 is 10.1 Å². The summed E-state index contributed by atoms with van der Waals surface area (Å²) < 4.78 is 43.3. The van der Waals surface area contributed by atoms with E-state index in [4.69, 9.17) is 4.74 Å². The number of amides is 1. The van der Waals surface area contributed by atoms with Gasteiger partial charge in [0, 0.05) is 23.4 Å². The van der Waals surface area contributed by atoms with E-state index in [2.05, 4.69) is 5.32 Å². The van der Waals surface area contributed by atoms with Crippen molar-refractivity contribution in [2.45, 2.75) is 6.18 Å². The third kappa shape index (κ3) is 4.85. The van der Waals surface area contributed by atoms with Gasteiger partial charge in [-0.15, -0.1) is 0 Å². The number of alkyl halides is 3. The molecule has 2 aromatic carbocycles. The van der Waals surface area contributed by atoms with E-state index in [9.17, 15) is 33.3 Å². The summed E-state index contributed by atoms with van der Waals surface area (Å²) in [5.41, 5.74) is -1.80. The number of methoxy groups -OCH3 is 1. The Morgan fingerprint density at radius 2 is 2.00 bits per heavy atom. The maximum Gasteiger partial charge on any atom is 0.416 e. The highest BCUT2D eigenvalue weighted by Gasteiger charge is 2.30. The van der Waals surface area contributed by atoms with E-state index in [1.54, 1.807) is 6.07 Å². The van der Waals surface area contributed by atoms with Crippen molar-refractivity contribution in [1.29, 1.82) is 5.26 Å². The van der Waals surface area contributed by atoms with Crippen LogP contribution in [-0.2, 0) is 11.0 Å². The summed E-state index contributed by atoms with van der Waals surface area (Å²) in [4.78, 5) is 22.5. The number of nitriles is 1. The average molecular weight is 391 g/mol. The number of hydrogen-bond donors (Lipinski definition) is 1. The molecule has 1 amide bonds. The van der Waals surface area contributed by atoms with Gasteiger partial charge in [-0.2, -0.15) is 18.4 Å².